The molecule has 2 aromatic rings. The number of hydrogen-bond donors (Lipinski definition) is 3. The van der Waals surface area contributed by atoms with Gasteiger partial charge in [-0.25, -0.2) is 0 Å². The number of nitrogens with zero attached hydrogens (tertiary/aromatic N) is 1. The van der Waals surface area contributed by atoms with E-state index in [2.05, 4.69) is 27.4 Å². The van der Waals surface area contributed by atoms with Crippen LogP contribution in [0.2, 0.25) is 0 Å². The quantitative estimate of drug-likeness (QED) is 0.706. The minimum Gasteiger partial charge on any atom is -0.321 e. The fourth-order valence-electron chi connectivity index (χ4n) is 1.56. The zero-order valence-corrected chi connectivity index (χ0v) is 10.5. The molecular formula is C14H14N4O. The van der Waals surface area contributed by atoms with Gasteiger partial charge in [0, 0.05) is 17.4 Å². The lowest BCUT2D eigenvalue weighted by Crippen LogP contribution is -2.12. The molecule has 19 heavy (non-hydrogen) atoms. The molecule has 0 aliphatic heterocycles. The third-order valence-electron chi connectivity index (χ3n) is 2.57. The lowest BCUT2D eigenvalue weighted by Gasteiger charge is -2.06. The molecule has 5 heteroatoms. The summed E-state index contributed by atoms with van der Waals surface area (Å²) < 4.78 is 0. The highest BCUT2D eigenvalue weighted by atomic mass is 16.1. The largest absolute Gasteiger partial charge is 0.321 e. The first-order valence-electron chi connectivity index (χ1n) is 5.81. The van der Waals surface area contributed by atoms with Crippen LogP contribution in [0.3, 0.4) is 0 Å². The predicted octanol–water partition coefficient (Wildman–Crippen LogP) is 1.28. The molecule has 5 nitrogen and oxygen atoms in total. The van der Waals surface area contributed by atoms with Crippen LogP contribution in [-0.2, 0) is 0 Å². The average Bonchev–Trinajstić information content (AvgIpc) is 2.93. The molecular weight excluding hydrogens is 240 g/mol. The van der Waals surface area contributed by atoms with E-state index in [4.69, 9.17) is 5.73 Å². The lowest BCUT2D eigenvalue weighted by molar-refractivity contribution is 0.102. The third kappa shape index (κ3) is 3.21. The van der Waals surface area contributed by atoms with Crippen LogP contribution >= 0.6 is 0 Å². The number of nitrogens with one attached hydrogen (secondary N) is 2. The SMILES string of the molecule is Cc1ccc(NC(=O)c2ccn[nH]2)cc1C#CCN. The Morgan fingerprint density at radius 2 is 2.32 bits per heavy atom. The molecule has 0 aliphatic carbocycles. The number of H-pyrrole nitrogens is 1. The van der Waals surface area contributed by atoms with Crippen molar-refractivity contribution in [2.24, 2.45) is 5.73 Å². The van der Waals surface area contributed by atoms with Crippen LogP contribution in [0.25, 0.3) is 0 Å². The van der Waals surface area contributed by atoms with E-state index in [1.165, 1.54) is 6.20 Å². The first-order chi connectivity index (χ1) is 9.20. The first kappa shape index (κ1) is 12.9. The number of hydrogen-bond acceptors (Lipinski definition) is 3. The summed E-state index contributed by atoms with van der Waals surface area (Å²) in [4.78, 5) is 11.8. The fourth-order valence-corrected chi connectivity index (χ4v) is 1.56. The molecule has 0 spiro atoms. The maximum Gasteiger partial charge on any atom is 0.273 e. The van der Waals surface area contributed by atoms with E-state index in [0.29, 0.717) is 17.9 Å². The minimum atomic E-state index is -0.237. The number of amides is 1. The molecule has 0 saturated carbocycles. The van der Waals surface area contributed by atoms with Crippen LogP contribution in [0, 0.1) is 18.8 Å². The highest BCUT2D eigenvalue weighted by molar-refractivity contribution is 6.02. The topological polar surface area (TPSA) is 83.8 Å². The molecule has 4 N–H and O–H groups in total. The number of aryl methyl sites for hydroxylation is 1. The molecule has 0 aliphatic rings. The first-order valence-corrected chi connectivity index (χ1v) is 5.81. The van der Waals surface area contributed by atoms with Crippen molar-refractivity contribution >= 4 is 11.6 Å². The van der Waals surface area contributed by atoms with Crippen molar-refractivity contribution < 1.29 is 4.79 Å². The molecule has 1 amide bonds. The Bertz CT molecular complexity index is 635. The number of nitrogens with two attached hydrogens (primary N) is 1. The molecule has 0 saturated heterocycles. The molecule has 1 heterocycles. The van der Waals surface area contributed by atoms with Gasteiger partial charge in [-0.3, -0.25) is 9.89 Å². The summed E-state index contributed by atoms with van der Waals surface area (Å²) in [5.41, 5.74) is 8.35. The minimum absolute atomic E-state index is 0.237. The smallest absolute Gasteiger partial charge is 0.273 e. The highest BCUT2D eigenvalue weighted by Gasteiger charge is 2.07. The standard InChI is InChI=1S/C14H14N4O/c1-10-4-5-12(9-11(10)3-2-7-15)17-14(19)13-6-8-16-18-13/h4-6,8-9H,7,15H2,1H3,(H,16,18)(H,17,19). The molecule has 0 radical (unpaired) electrons. The van der Waals surface area contributed by atoms with Crippen LogP contribution in [-0.4, -0.2) is 22.6 Å². The van der Waals surface area contributed by atoms with Crippen LogP contribution < -0.4 is 11.1 Å². The van der Waals surface area contributed by atoms with E-state index in [1.54, 1.807) is 6.07 Å². The summed E-state index contributed by atoms with van der Waals surface area (Å²) in [5.74, 6) is 5.54. The van der Waals surface area contributed by atoms with Gasteiger partial charge in [0.2, 0.25) is 0 Å². The van der Waals surface area contributed by atoms with E-state index in [9.17, 15) is 4.79 Å². The van der Waals surface area contributed by atoms with Crippen LogP contribution in [0.4, 0.5) is 5.69 Å². The van der Waals surface area contributed by atoms with Gasteiger partial charge in [0.25, 0.3) is 5.91 Å². The van der Waals surface area contributed by atoms with Gasteiger partial charge in [0.05, 0.1) is 6.54 Å². The fraction of sp³-hybridized carbons (Fsp3) is 0.143. The van der Waals surface area contributed by atoms with E-state index in [0.717, 1.165) is 11.1 Å². The second kappa shape index (κ2) is 5.85. The van der Waals surface area contributed by atoms with Crippen molar-refractivity contribution in [3.63, 3.8) is 0 Å². The number of carbonyl (C=O) groups is 1. The van der Waals surface area contributed by atoms with Crippen molar-refractivity contribution in [2.45, 2.75) is 6.92 Å². The maximum atomic E-state index is 11.8. The predicted molar refractivity (Wildman–Crippen MR) is 73.7 cm³/mol. The van der Waals surface area contributed by atoms with E-state index < -0.39 is 0 Å². The molecule has 0 fully saturated rings. The number of aromatic amines is 1. The zero-order valence-electron chi connectivity index (χ0n) is 10.5. The van der Waals surface area contributed by atoms with Crippen LogP contribution in [0.5, 0.6) is 0 Å². The normalized spacial score (nSPS) is 9.58. The third-order valence-corrected chi connectivity index (χ3v) is 2.57. The van der Waals surface area contributed by atoms with Crippen molar-refractivity contribution in [3.05, 3.63) is 47.3 Å². The second-order valence-electron chi connectivity index (χ2n) is 3.96. The number of carbonyl (C=O) groups excluding carboxylic acids is 1. The summed E-state index contributed by atoms with van der Waals surface area (Å²) in [6, 6.07) is 7.17. The van der Waals surface area contributed by atoms with Gasteiger partial charge in [0.15, 0.2) is 0 Å². The number of aromatic nitrogens is 2. The molecule has 1 aromatic carbocycles. The summed E-state index contributed by atoms with van der Waals surface area (Å²) in [5, 5.41) is 9.13. The van der Waals surface area contributed by atoms with Crippen molar-refractivity contribution in [3.8, 4) is 11.8 Å². The van der Waals surface area contributed by atoms with Gasteiger partial charge in [-0.2, -0.15) is 5.10 Å². The van der Waals surface area contributed by atoms with Crippen molar-refractivity contribution in [1.29, 1.82) is 0 Å². The Morgan fingerprint density at radius 3 is 3.00 bits per heavy atom. The second-order valence-corrected chi connectivity index (χ2v) is 3.96. The molecule has 0 unspecified atom stereocenters. The Hall–Kier alpha value is -2.58. The van der Waals surface area contributed by atoms with Gasteiger partial charge < -0.3 is 11.1 Å². The number of benzene rings is 1. The Labute approximate surface area is 111 Å². The van der Waals surface area contributed by atoms with Gasteiger partial charge in [0.1, 0.15) is 5.69 Å². The van der Waals surface area contributed by atoms with Gasteiger partial charge in [-0.15, -0.1) is 0 Å². The Morgan fingerprint density at radius 1 is 1.47 bits per heavy atom. The monoisotopic (exact) mass is 254 g/mol. The Kier molecular flexibility index (Phi) is 3.96. The molecule has 96 valence electrons. The van der Waals surface area contributed by atoms with Crippen LogP contribution in [0.15, 0.2) is 30.5 Å². The maximum absolute atomic E-state index is 11.8. The number of rotatable bonds is 2. The zero-order chi connectivity index (χ0) is 13.7. The van der Waals surface area contributed by atoms with Gasteiger partial charge >= 0.3 is 0 Å². The average molecular weight is 254 g/mol. The number of anilines is 1. The van der Waals surface area contributed by atoms with E-state index in [1.807, 2.05) is 25.1 Å². The van der Waals surface area contributed by atoms with Crippen molar-refractivity contribution in [1.82, 2.24) is 10.2 Å². The van der Waals surface area contributed by atoms with Crippen LogP contribution in [0.1, 0.15) is 21.6 Å². The molecule has 0 atom stereocenters. The van der Waals surface area contributed by atoms with Gasteiger partial charge in [-0.1, -0.05) is 17.9 Å². The summed E-state index contributed by atoms with van der Waals surface area (Å²) in [6.07, 6.45) is 1.53. The highest BCUT2D eigenvalue weighted by Crippen LogP contribution is 2.15. The van der Waals surface area contributed by atoms with Gasteiger partial charge in [-0.05, 0) is 30.7 Å². The van der Waals surface area contributed by atoms with E-state index >= 15 is 0 Å². The summed E-state index contributed by atoms with van der Waals surface area (Å²) in [7, 11) is 0. The van der Waals surface area contributed by atoms with Crippen molar-refractivity contribution in [2.75, 3.05) is 11.9 Å². The lowest BCUT2D eigenvalue weighted by atomic mass is 10.1. The van der Waals surface area contributed by atoms with E-state index in [-0.39, 0.29) is 5.91 Å². The summed E-state index contributed by atoms with van der Waals surface area (Å²) >= 11 is 0. The Balaban J connectivity index is 2.19. The molecule has 0 bridgehead atoms. The molecule has 1 aromatic heterocycles. The summed E-state index contributed by atoms with van der Waals surface area (Å²) in [6.45, 7) is 2.27. The molecule has 2 rings (SSSR count).